The van der Waals surface area contributed by atoms with Crippen molar-refractivity contribution in [2.45, 2.75) is 30.8 Å². The van der Waals surface area contributed by atoms with Gasteiger partial charge in [0.1, 0.15) is 6.10 Å². The first-order valence-corrected chi connectivity index (χ1v) is 4.36. The second kappa shape index (κ2) is 4.56. The molecule has 1 aliphatic heterocycles. The maximum absolute atomic E-state index is 11.1. The molecule has 0 aromatic carbocycles. The maximum Gasteiger partial charge on any atom is 0.335 e. The molecule has 86 valence electrons. The molecular weight excluding hydrogens is 206 g/mol. The summed E-state index contributed by atoms with van der Waals surface area (Å²) in [5.41, 5.74) is 4.94. The number of methoxy groups -OCH3 is 1. The number of rotatable bonds is 2. The first-order chi connectivity index (χ1) is 6.97. The SMILES string of the molecule is COC(=O)[C@@H]1C[C@H](O)[C@H](O)[C@@H](C(N)=O)O1. The van der Waals surface area contributed by atoms with Crippen LogP contribution in [0.25, 0.3) is 0 Å². The molecule has 0 saturated carbocycles. The highest BCUT2D eigenvalue weighted by Crippen LogP contribution is 2.21. The molecule has 0 aromatic heterocycles. The predicted molar refractivity (Wildman–Crippen MR) is 46.5 cm³/mol. The Balaban J connectivity index is 2.75. The van der Waals surface area contributed by atoms with E-state index < -0.39 is 36.3 Å². The van der Waals surface area contributed by atoms with Gasteiger partial charge in [0.25, 0.3) is 0 Å². The van der Waals surface area contributed by atoms with Gasteiger partial charge in [-0.25, -0.2) is 4.79 Å². The Morgan fingerprint density at radius 1 is 1.47 bits per heavy atom. The second-order valence-electron chi connectivity index (χ2n) is 3.26. The van der Waals surface area contributed by atoms with Crippen LogP contribution in [-0.4, -0.2) is 53.6 Å². The monoisotopic (exact) mass is 219 g/mol. The Morgan fingerprint density at radius 2 is 2.07 bits per heavy atom. The van der Waals surface area contributed by atoms with Gasteiger partial charge in [0.15, 0.2) is 12.2 Å². The van der Waals surface area contributed by atoms with E-state index in [9.17, 15) is 19.8 Å². The lowest BCUT2D eigenvalue weighted by Crippen LogP contribution is -2.55. The van der Waals surface area contributed by atoms with Crippen LogP contribution in [0.4, 0.5) is 0 Å². The molecule has 0 unspecified atom stereocenters. The molecule has 1 aliphatic rings. The first-order valence-electron chi connectivity index (χ1n) is 4.36. The van der Waals surface area contributed by atoms with Crippen LogP contribution in [0.1, 0.15) is 6.42 Å². The lowest BCUT2D eigenvalue weighted by molar-refractivity contribution is -0.193. The van der Waals surface area contributed by atoms with Gasteiger partial charge in [-0.05, 0) is 0 Å². The number of esters is 1. The van der Waals surface area contributed by atoms with E-state index in [1.807, 2.05) is 0 Å². The summed E-state index contributed by atoms with van der Waals surface area (Å²) in [7, 11) is 1.16. The van der Waals surface area contributed by atoms with Crippen LogP contribution in [0.2, 0.25) is 0 Å². The van der Waals surface area contributed by atoms with E-state index in [-0.39, 0.29) is 6.42 Å². The average molecular weight is 219 g/mol. The molecule has 7 heteroatoms. The van der Waals surface area contributed by atoms with E-state index in [4.69, 9.17) is 10.5 Å². The number of ether oxygens (including phenoxy) is 2. The van der Waals surface area contributed by atoms with Gasteiger partial charge >= 0.3 is 5.97 Å². The fraction of sp³-hybridized carbons (Fsp3) is 0.750. The van der Waals surface area contributed by atoms with Gasteiger partial charge in [-0.1, -0.05) is 0 Å². The molecule has 15 heavy (non-hydrogen) atoms. The van der Waals surface area contributed by atoms with Gasteiger partial charge in [0.2, 0.25) is 5.91 Å². The van der Waals surface area contributed by atoms with Gasteiger partial charge in [-0.2, -0.15) is 0 Å². The number of primary amides is 1. The van der Waals surface area contributed by atoms with Gasteiger partial charge in [0, 0.05) is 6.42 Å². The highest BCUT2D eigenvalue weighted by molar-refractivity contribution is 5.81. The Bertz CT molecular complexity index is 268. The van der Waals surface area contributed by atoms with Crippen LogP contribution in [0.3, 0.4) is 0 Å². The highest BCUT2D eigenvalue weighted by atomic mass is 16.6. The molecular formula is C8H13NO6. The molecule has 4 N–H and O–H groups in total. The van der Waals surface area contributed by atoms with Crippen molar-refractivity contribution in [1.82, 2.24) is 0 Å². The molecule has 4 atom stereocenters. The molecule has 0 spiro atoms. The molecule has 7 nitrogen and oxygen atoms in total. The van der Waals surface area contributed by atoms with Crippen molar-refractivity contribution in [3.8, 4) is 0 Å². The predicted octanol–water partition coefficient (Wildman–Crippen LogP) is -2.48. The van der Waals surface area contributed by atoms with Crippen molar-refractivity contribution in [1.29, 1.82) is 0 Å². The number of amides is 1. The minimum atomic E-state index is -1.41. The van der Waals surface area contributed by atoms with E-state index in [2.05, 4.69) is 4.74 Å². The Hall–Kier alpha value is -1.18. The number of hydrogen-bond acceptors (Lipinski definition) is 6. The molecule has 0 bridgehead atoms. The summed E-state index contributed by atoms with van der Waals surface area (Å²) in [5, 5.41) is 18.7. The first kappa shape index (κ1) is 11.9. The minimum absolute atomic E-state index is 0.127. The second-order valence-corrected chi connectivity index (χ2v) is 3.26. The Labute approximate surface area is 85.8 Å². The molecule has 1 fully saturated rings. The van der Waals surface area contributed by atoms with Crippen LogP contribution in [0, 0.1) is 0 Å². The standard InChI is InChI=1S/C8H13NO6/c1-14-8(13)4-2-3(10)5(11)6(15-4)7(9)12/h3-6,10-11H,2H2,1H3,(H2,9,12)/t3-,4-,5-,6-/m0/s1. The smallest absolute Gasteiger partial charge is 0.335 e. The van der Waals surface area contributed by atoms with Gasteiger partial charge < -0.3 is 25.4 Å². The number of carbonyl (C=O) groups is 2. The molecule has 1 rings (SSSR count). The largest absolute Gasteiger partial charge is 0.467 e. The molecule has 1 amide bonds. The third-order valence-electron chi connectivity index (χ3n) is 2.22. The van der Waals surface area contributed by atoms with E-state index in [1.165, 1.54) is 0 Å². The lowest BCUT2D eigenvalue weighted by Gasteiger charge is -2.34. The van der Waals surface area contributed by atoms with E-state index in [0.717, 1.165) is 7.11 Å². The summed E-state index contributed by atoms with van der Waals surface area (Å²) in [6.45, 7) is 0. The third-order valence-corrected chi connectivity index (χ3v) is 2.22. The molecule has 0 aliphatic carbocycles. The van der Waals surface area contributed by atoms with Crippen molar-refractivity contribution in [2.75, 3.05) is 7.11 Å². The zero-order chi connectivity index (χ0) is 11.6. The minimum Gasteiger partial charge on any atom is -0.467 e. The molecule has 1 saturated heterocycles. The van der Waals surface area contributed by atoms with Gasteiger partial charge in [-0.3, -0.25) is 4.79 Å². The van der Waals surface area contributed by atoms with Crippen LogP contribution >= 0.6 is 0 Å². The fourth-order valence-corrected chi connectivity index (χ4v) is 1.39. The van der Waals surface area contributed by atoms with Crippen molar-refractivity contribution < 1.29 is 29.3 Å². The van der Waals surface area contributed by atoms with Crippen molar-refractivity contribution in [2.24, 2.45) is 5.73 Å². The molecule has 1 heterocycles. The van der Waals surface area contributed by atoms with E-state index in [1.54, 1.807) is 0 Å². The molecule has 0 radical (unpaired) electrons. The van der Waals surface area contributed by atoms with Crippen LogP contribution in [-0.2, 0) is 19.1 Å². The van der Waals surface area contributed by atoms with E-state index >= 15 is 0 Å². The number of aliphatic hydroxyl groups is 2. The van der Waals surface area contributed by atoms with Crippen LogP contribution in [0.5, 0.6) is 0 Å². The zero-order valence-corrected chi connectivity index (χ0v) is 8.12. The summed E-state index contributed by atoms with van der Waals surface area (Å²) >= 11 is 0. The Kier molecular flexibility index (Phi) is 3.61. The van der Waals surface area contributed by atoms with Gasteiger partial charge in [0.05, 0.1) is 13.2 Å². The third kappa shape index (κ3) is 2.44. The quantitative estimate of drug-likeness (QED) is 0.442. The van der Waals surface area contributed by atoms with Crippen LogP contribution < -0.4 is 5.73 Å². The summed E-state index contributed by atoms with van der Waals surface area (Å²) in [4.78, 5) is 21.9. The normalized spacial score (nSPS) is 35.9. The number of hydrogen-bond donors (Lipinski definition) is 3. The van der Waals surface area contributed by atoms with Crippen molar-refractivity contribution >= 4 is 11.9 Å². The number of carbonyl (C=O) groups excluding carboxylic acids is 2. The average Bonchev–Trinajstić information content (AvgIpc) is 2.20. The topological polar surface area (TPSA) is 119 Å². The van der Waals surface area contributed by atoms with Crippen molar-refractivity contribution in [3.63, 3.8) is 0 Å². The van der Waals surface area contributed by atoms with Crippen molar-refractivity contribution in [3.05, 3.63) is 0 Å². The van der Waals surface area contributed by atoms with Crippen LogP contribution in [0.15, 0.2) is 0 Å². The van der Waals surface area contributed by atoms with E-state index in [0.29, 0.717) is 0 Å². The summed E-state index contributed by atoms with van der Waals surface area (Å²) in [6.07, 6.45) is -5.25. The summed E-state index contributed by atoms with van der Waals surface area (Å²) in [6, 6.07) is 0. The fourth-order valence-electron chi connectivity index (χ4n) is 1.39. The molecule has 0 aromatic rings. The maximum atomic E-state index is 11.1. The zero-order valence-electron chi connectivity index (χ0n) is 8.12. The lowest BCUT2D eigenvalue weighted by atomic mass is 9.97. The van der Waals surface area contributed by atoms with Gasteiger partial charge in [-0.15, -0.1) is 0 Å². The number of nitrogens with two attached hydrogens (primary N) is 1. The Morgan fingerprint density at radius 3 is 2.53 bits per heavy atom. The summed E-state index contributed by atoms with van der Waals surface area (Å²) in [5.74, 6) is -1.65. The number of aliphatic hydroxyl groups excluding tert-OH is 2. The highest BCUT2D eigenvalue weighted by Gasteiger charge is 2.42. The summed E-state index contributed by atoms with van der Waals surface area (Å²) < 4.78 is 9.32.